The fourth-order valence-corrected chi connectivity index (χ4v) is 3.11. The molecule has 4 rings (SSSR count). The van der Waals surface area contributed by atoms with E-state index in [1.54, 1.807) is 12.1 Å². The van der Waals surface area contributed by atoms with Gasteiger partial charge >= 0.3 is 0 Å². The molecular formula is C14H16ClFN2O. The van der Waals surface area contributed by atoms with Gasteiger partial charge < -0.3 is 0 Å². The molecule has 1 aromatic rings. The van der Waals surface area contributed by atoms with Crippen molar-refractivity contribution < 1.29 is 9.18 Å². The third-order valence-electron chi connectivity index (χ3n) is 4.05. The Morgan fingerprint density at radius 3 is 2.68 bits per heavy atom. The maximum Gasteiger partial charge on any atom is 0.155 e. The van der Waals surface area contributed by atoms with Crippen LogP contribution in [0.15, 0.2) is 18.2 Å². The number of carbonyl (C=O) groups is 1. The lowest BCUT2D eigenvalue weighted by molar-refractivity contribution is -0.128. The first-order chi connectivity index (χ1) is 9.15. The Morgan fingerprint density at radius 2 is 2.05 bits per heavy atom. The molecule has 3 saturated heterocycles. The highest BCUT2D eigenvalue weighted by Crippen LogP contribution is 2.23. The molecule has 3 heterocycles. The van der Waals surface area contributed by atoms with E-state index >= 15 is 0 Å². The predicted molar refractivity (Wildman–Crippen MR) is 71.9 cm³/mol. The van der Waals surface area contributed by atoms with E-state index < -0.39 is 5.82 Å². The molecule has 3 aliphatic heterocycles. The minimum atomic E-state index is -0.457. The highest BCUT2D eigenvalue weighted by molar-refractivity contribution is 6.31. The number of nitrogens with zero attached hydrogens (tertiary/aromatic N) is 2. The Kier molecular flexibility index (Phi) is 3.56. The summed E-state index contributed by atoms with van der Waals surface area (Å²) in [6, 6.07) is 4.58. The van der Waals surface area contributed by atoms with Gasteiger partial charge in [-0.25, -0.2) is 4.39 Å². The summed E-state index contributed by atoms with van der Waals surface area (Å²) >= 11 is 5.90. The number of ketones is 1. The van der Waals surface area contributed by atoms with Crippen LogP contribution in [0.4, 0.5) is 4.39 Å². The summed E-state index contributed by atoms with van der Waals surface area (Å²) in [7, 11) is 0. The molecule has 1 unspecified atom stereocenters. The zero-order valence-corrected chi connectivity index (χ0v) is 11.4. The summed E-state index contributed by atoms with van der Waals surface area (Å²) in [4.78, 5) is 16.9. The second-order valence-electron chi connectivity index (χ2n) is 5.21. The first-order valence-corrected chi connectivity index (χ1v) is 6.95. The number of halogens is 2. The number of fused-ring (bicyclic) bond motifs is 3. The van der Waals surface area contributed by atoms with E-state index in [0.717, 1.165) is 32.7 Å². The maximum atomic E-state index is 13.4. The van der Waals surface area contributed by atoms with Crippen molar-refractivity contribution in [1.29, 1.82) is 0 Å². The zero-order valence-electron chi connectivity index (χ0n) is 10.6. The van der Waals surface area contributed by atoms with Crippen LogP contribution in [0.2, 0.25) is 5.02 Å². The van der Waals surface area contributed by atoms with Crippen LogP contribution >= 0.6 is 11.6 Å². The summed E-state index contributed by atoms with van der Waals surface area (Å²) < 4.78 is 13.4. The van der Waals surface area contributed by atoms with Crippen molar-refractivity contribution >= 4 is 17.4 Å². The molecule has 19 heavy (non-hydrogen) atoms. The van der Waals surface area contributed by atoms with Crippen LogP contribution in [0, 0.1) is 5.82 Å². The fourth-order valence-electron chi connectivity index (χ4n) is 2.91. The largest absolute Gasteiger partial charge is 0.299 e. The van der Waals surface area contributed by atoms with E-state index in [1.165, 1.54) is 6.07 Å². The Morgan fingerprint density at radius 1 is 1.32 bits per heavy atom. The highest BCUT2D eigenvalue weighted by Gasteiger charge is 2.36. The van der Waals surface area contributed by atoms with Crippen LogP contribution in [0.3, 0.4) is 0 Å². The molecule has 3 nitrogen and oxygen atoms in total. The van der Waals surface area contributed by atoms with Crippen molar-refractivity contribution in [3.63, 3.8) is 0 Å². The predicted octanol–water partition coefficient (Wildman–Crippen LogP) is 1.59. The molecule has 5 heteroatoms. The molecule has 0 aliphatic carbocycles. The van der Waals surface area contributed by atoms with Crippen molar-refractivity contribution in [1.82, 2.24) is 9.80 Å². The van der Waals surface area contributed by atoms with Gasteiger partial charge in [-0.2, -0.15) is 0 Å². The monoisotopic (exact) mass is 282 g/mol. The molecule has 1 aromatic carbocycles. The summed E-state index contributed by atoms with van der Waals surface area (Å²) in [5.41, 5.74) is 0.587. The van der Waals surface area contributed by atoms with Gasteiger partial charge in [0, 0.05) is 39.1 Å². The summed E-state index contributed by atoms with van der Waals surface area (Å²) in [6.07, 6.45) is 0.214. The van der Waals surface area contributed by atoms with Gasteiger partial charge in [-0.1, -0.05) is 23.7 Å². The lowest BCUT2D eigenvalue weighted by Gasteiger charge is -2.46. The minimum absolute atomic E-state index is 0.0539. The van der Waals surface area contributed by atoms with Gasteiger partial charge in [0.1, 0.15) is 5.82 Å². The number of hydrogen-bond acceptors (Lipinski definition) is 3. The quantitative estimate of drug-likeness (QED) is 0.841. The van der Waals surface area contributed by atoms with Crippen LogP contribution < -0.4 is 0 Å². The van der Waals surface area contributed by atoms with Gasteiger partial charge in [0.2, 0.25) is 0 Å². The highest BCUT2D eigenvalue weighted by atomic mass is 35.5. The third-order valence-corrected chi connectivity index (χ3v) is 4.47. The molecule has 2 bridgehead atoms. The van der Waals surface area contributed by atoms with Crippen LogP contribution in [0.5, 0.6) is 0 Å². The minimum Gasteiger partial charge on any atom is -0.299 e. The molecule has 0 N–H and O–H groups in total. The SMILES string of the molecule is O=C(Cc1cccc(F)c1Cl)C1CN2CCN1CC2. The van der Waals surface area contributed by atoms with E-state index in [1.807, 2.05) is 0 Å². The number of benzene rings is 1. The number of Topliss-reactive ketones (excluding diaryl/α,β-unsaturated/α-hetero) is 1. The Labute approximate surface area is 116 Å². The molecule has 0 saturated carbocycles. The average molecular weight is 283 g/mol. The van der Waals surface area contributed by atoms with E-state index in [-0.39, 0.29) is 23.3 Å². The Balaban J connectivity index is 1.73. The first kappa shape index (κ1) is 13.0. The van der Waals surface area contributed by atoms with Crippen molar-refractivity contribution in [3.8, 4) is 0 Å². The Bertz CT molecular complexity index is 500. The van der Waals surface area contributed by atoms with Crippen molar-refractivity contribution in [2.24, 2.45) is 0 Å². The van der Waals surface area contributed by atoms with E-state index in [2.05, 4.69) is 9.80 Å². The lowest BCUT2D eigenvalue weighted by atomic mass is 9.98. The van der Waals surface area contributed by atoms with Crippen LogP contribution in [-0.2, 0) is 11.2 Å². The molecule has 3 fully saturated rings. The van der Waals surface area contributed by atoms with Crippen LogP contribution in [0.1, 0.15) is 5.56 Å². The summed E-state index contributed by atoms with van der Waals surface area (Å²) in [6.45, 7) is 4.79. The molecule has 0 spiro atoms. The smallest absolute Gasteiger partial charge is 0.155 e. The van der Waals surface area contributed by atoms with E-state index in [9.17, 15) is 9.18 Å². The van der Waals surface area contributed by atoms with E-state index in [0.29, 0.717) is 5.56 Å². The fraction of sp³-hybridized carbons (Fsp3) is 0.500. The van der Waals surface area contributed by atoms with Crippen molar-refractivity contribution in [3.05, 3.63) is 34.6 Å². The van der Waals surface area contributed by atoms with Gasteiger partial charge in [-0.15, -0.1) is 0 Å². The molecule has 3 aliphatic rings. The molecule has 0 amide bonds. The molecule has 1 atom stereocenters. The third kappa shape index (κ3) is 2.53. The number of rotatable bonds is 3. The number of hydrogen-bond donors (Lipinski definition) is 0. The molecule has 102 valence electrons. The first-order valence-electron chi connectivity index (χ1n) is 6.57. The molecule has 0 aromatic heterocycles. The van der Waals surface area contributed by atoms with Crippen LogP contribution in [-0.4, -0.2) is 54.3 Å². The van der Waals surface area contributed by atoms with Crippen molar-refractivity contribution in [2.75, 3.05) is 32.7 Å². The second kappa shape index (κ2) is 5.19. The summed E-state index contributed by atoms with van der Waals surface area (Å²) in [5, 5.41) is 0.0760. The average Bonchev–Trinajstić information content (AvgIpc) is 2.45. The maximum absolute atomic E-state index is 13.4. The van der Waals surface area contributed by atoms with Gasteiger partial charge in [-0.05, 0) is 11.6 Å². The van der Waals surface area contributed by atoms with Gasteiger partial charge in [0.05, 0.1) is 11.1 Å². The number of piperazine rings is 3. The zero-order chi connectivity index (χ0) is 13.4. The molecular weight excluding hydrogens is 267 g/mol. The summed E-state index contributed by atoms with van der Waals surface area (Å²) in [5.74, 6) is -0.321. The van der Waals surface area contributed by atoms with Crippen molar-refractivity contribution in [2.45, 2.75) is 12.5 Å². The van der Waals surface area contributed by atoms with Gasteiger partial charge in [0.15, 0.2) is 5.78 Å². The Hall–Kier alpha value is -0.970. The van der Waals surface area contributed by atoms with E-state index in [4.69, 9.17) is 11.6 Å². The van der Waals surface area contributed by atoms with Crippen LogP contribution in [0.25, 0.3) is 0 Å². The number of carbonyl (C=O) groups excluding carboxylic acids is 1. The van der Waals surface area contributed by atoms with Gasteiger partial charge in [0.25, 0.3) is 0 Å². The molecule has 0 radical (unpaired) electrons. The topological polar surface area (TPSA) is 23.6 Å². The standard InChI is InChI=1S/C14H16ClFN2O/c15-14-10(2-1-3-11(14)16)8-13(19)12-9-17-4-6-18(12)7-5-17/h1-3,12H,4-9H2. The lowest BCUT2D eigenvalue weighted by Crippen LogP contribution is -2.63. The normalized spacial score (nSPS) is 29.5. The second-order valence-corrected chi connectivity index (χ2v) is 5.59. The van der Waals surface area contributed by atoms with Gasteiger partial charge in [-0.3, -0.25) is 14.6 Å².